The first-order valence-corrected chi connectivity index (χ1v) is 5.74. The molecule has 1 aromatic rings. The fraction of sp³-hybridized carbons (Fsp3) is 0.500. The van der Waals surface area contributed by atoms with Crippen LogP contribution in [-0.2, 0) is 4.74 Å². The van der Waals surface area contributed by atoms with Crippen molar-refractivity contribution < 1.29 is 19.0 Å². The predicted molar refractivity (Wildman–Crippen MR) is 63.4 cm³/mol. The molecule has 0 amide bonds. The normalized spacial score (nSPS) is 23.1. The van der Waals surface area contributed by atoms with Crippen LogP contribution in [0.25, 0.3) is 0 Å². The number of hydrogen-bond donors (Lipinski definition) is 1. The van der Waals surface area contributed by atoms with Gasteiger partial charge in [-0.15, -0.1) is 0 Å². The number of hydrogen-bond acceptors (Lipinski definition) is 4. The van der Waals surface area contributed by atoms with Crippen LogP contribution in [0.1, 0.15) is 23.7 Å². The van der Waals surface area contributed by atoms with Crippen molar-refractivity contribution in [3.63, 3.8) is 0 Å². The number of carbonyl (C=O) groups is 1. The number of carboxylic acids is 1. The zero-order valence-electron chi connectivity index (χ0n) is 10.3. The summed E-state index contributed by atoms with van der Waals surface area (Å²) >= 11 is 0. The lowest BCUT2D eigenvalue weighted by molar-refractivity contribution is 0.0696. The molecule has 1 saturated heterocycles. The van der Waals surface area contributed by atoms with Crippen LogP contribution in [-0.4, -0.2) is 41.9 Å². The Bertz CT molecular complexity index is 467. The topological polar surface area (TPSA) is 62.7 Å². The highest BCUT2D eigenvalue weighted by Crippen LogP contribution is 2.25. The van der Waals surface area contributed by atoms with Crippen LogP contribution in [0.15, 0.2) is 12.3 Å². The molecule has 0 bridgehead atoms. The number of carboxylic acid groups (broad SMARTS) is 1. The maximum absolute atomic E-state index is 13.1. The maximum atomic E-state index is 13.1. The highest BCUT2D eigenvalue weighted by atomic mass is 19.1. The zero-order valence-corrected chi connectivity index (χ0v) is 10.3. The molecule has 0 aliphatic carbocycles. The van der Waals surface area contributed by atoms with Crippen molar-refractivity contribution in [2.75, 3.05) is 18.6 Å². The number of halogens is 1. The van der Waals surface area contributed by atoms with Crippen molar-refractivity contribution in [3.8, 4) is 0 Å². The number of rotatable bonds is 3. The van der Waals surface area contributed by atoms with Gasteiger partial charge < -0.3 is 14.7 Å². The summed E-state index contributed by atoms with van der Waals surface area (Å²) in [5.74, 6) is -1.57. The first-order valence-electron chi connectivity index (χ1n) is 5.74. The van der Waals surface area contributed by atoms with Crippen LogP contribution in [0.2, 0.25) is 0 Å². The number of aromatic carboxylic acids is 1. The van der Waals surface area contributed by atoms with Gasteiger partial charge in [0.25, 0.3) is 0 Å². The molecule has 0 aromatic carbocycles. The molecule has 2 unspecified atom stereocenters. The third kappa shape index (κ3) is 2.28. The summed E-state index contributed by atoms with van der Waals surface area (Å²) in [6.45, 7) is 2.57. The van der Waals surface area contributed by atoms with Gasteiger partial charge in [0.15, 0.2) is 0 Å². The Morgan fingerprint density at radius 2 is 2.39 bits per heavy atom. The van der Waals surface area contributed by atoms with Crippen LogP contribution in [0.3, 0.4) is 0 Å². The van der Waals surface area contributed by atoms with Gasteiger partial charge in [0, 0.05) is 13.7 Å². The minimum absolute atomic E-state index is 0.00324. The maximum Gasteiger partial charge on any atom is 0.339 e. The smallest absolute Gasteiger partial charge is 0.339 e. The number of nitrogens with zero attached hydrogens (tertiary/aromatic N) is 2. The minimum Gasteiger partial charge on any atom is -0.478 e. The van der Waals surface area contributed by atoms with Crippen LogP contribution in [0.4, 0.5) is 10.2 Å². The molecule has 1 aromatic heterocycles. The second-order valence-corrected chi connectivity index (χ2v) is 4.37. The lowest BCUT2D eigenvalue weighted by Crippen LogP contribution is -2.38. The molecule has 2 atom stereocenters. The minimum atomic E-state index is -1.18. The van der Waals surface area contributed by atoms with Gasteiger partial charge in [-0.1, -0.05) is 0 Å². The molecule has 0 saturated carbocycles. The van der Waals surface area contributed by atoms with Crippen LogP contribution in [0, 0.1) is 5.82 Å². The fourth-order valence-corrected chi connectivity index (χ4v) is 2.26. The molecule has 0 spiro atoms. The second-order valence-electron chi connectivity index (χ2n) is 4.37. The Labute approximate surface area is 104 Å². The van der Waals surface area contributed by atoms with Crippen LogP contribution >= 0.6 is 0 Å². The van der Waals surface area contributed by atoms with E-state index in [1.54, 1.807) is 11.9 Å². The molecule has 98 valence electrons. The Hall–Kier alpha value is -1.69. The first kappa shape index (κ1) is 12.8. The number of pyridine rings is 1. The predicted octanol–water partition coefficient (Wildman–Crippen LogP) is 1.53. The molecular weight excluding hydrogens is 239 g/mol. The van der Waals surface area contributed by atoms with E-state index in [-0.39, 0.29) is 23.5 Å². The van der Waals surface area contributed by atoms with E-state index in [9.17, 15) is 9.18 Å². The van der Waals surface area contributed by atoms with Crippen molar-refractivity contribution in [1.29, 1.82) is 0 Å². The van der Waals surface area contributed by atoms with Crippen LogP contribution in [0.5, 0.6) is 0 Å². The van der Waals surface area contributed by atoms with Gasteiger partial charge >= 0.3 is 5.97 Å². The Balaban J connectivity index is 2.35. The molecule has 1 aliphatic rings. The van der Waals surface area contributed by atoms with E-state index in [4.69, 9.17) is 9.84 Å². The molecule has 18 heavy (non-hydrogen) atoms. The summed E-state index contributed by atoms with van der Waals surface area (Å²) in [4.78, 5) is 16.8. The highest BCUT2D eigenvalue weighted by molar-refractivity contribution is 5.93. The van der Waals surface area contributed by atoms with Crippen molar-refractivity contribution in [2.24, 2.45) is 0 Å². The average molecular weight is 254 g/mol. The van der Waals surface area contributed by atoms with Crippen LogP contribution < -0.4 is 4.90 Å². The Kier molecular flexibility index (Phi) is 3.47. The zero-order chi connectivity index (χ0) is 13.3. The van der Waals surface area contributed by atoms with Gasteiger partial charge in [0.1, 0.15) is 17.2 Å². The van der Waals surface area contributed by atoms with Gasteiger partial charge in [-0.25, -0.2) is 14.2 Å². The standard InChI is InChI=1S/C12H15FN2O3/c1-7-10(3-4-18-7)15(2)11-9(12(16)17)5-8(13)6-14-11/h5-7,10H,3-4H2,1-2H3,(H,16,17). The highest BCUT2D eigenvalue weighted by Gasteiger charge is 2.30. The lowest BCUT2D eigenvalue weighted by Gasteiger charge is -2.28. The number of aromatic nitrogens is 1. The third-order valence-corrected chi connectivity index (χ3v) is 3.23. The van der Waals surface area contributed by atoms with Crippen molar-refractivity contribution in [3.05, 3.63) is 23.6 Å². The molecule has 0 radical (unpaired) electrons. The van der Waals surface area contributed by atoms with Crippen molar-refractivity contribution in [1.82, 2.24) is 4.98 Å². The molecule has 5 nitrogen and oxygen atoms in total. The van der Waals surface area contributed by atoms with E-state index in [2.05, 4.69) is 4.98 Å². The Morgan fingerprint density at radius 3 is 2.94 bits per heavy atom. The Morgan fingerprint density at radius 1 is 1.67 bits per heavy atom. The molecule has 2 heterocycles. The number of anilines is 1. The van der Waals surface area contributed by atoms with Gasteiger partial charge in [0.2, 0.25) is 0 Å². The second kappa shape index (κ2) is 4.89. The largest absolute Gasteiger partial charge is 0.478 e. The molecule has 1 N–H and O–H groups in total. The lowest BCUT2D eigenvalue weighted by atomic mass is 10.1. The van der Waals surface area contributed by atoms with E-state index < -0.39 is 11.8 Å². The summed E-state index contributed by atoms with van der Waals surface area (Å²) < 4.78 is 18.5. The fourth-order valence-electron chi connectivity index (χ4n) is 2.26. The molecule has 1 aliphatic heterocycles. The quantitative estimate of drug-likeness (QED) is 0.886. The summed E-state index contributed by atoms with van der Waals surface area (Å²) in [6, 6.07) is 1.04. The molecular formula is C12H15FN2O3. The SMILES string of the molecule is CC1OCCC1N(C)c1ncc(F)cc1C(=O)O. The van der Waals surface area contributed by atoms with Crippen molar-refractivity contribution >= 4 is 11.8 Å². The first-order chi connectivity index (χ1) is 8.50. The molecule has 2 rings (SSSR count). The average Bonchev–Trinajstić information content (AvgIpc) is 2.74. The molecule has 6 heteroatoms. The summed E-state index contributed by atoms with van der Waals surface area (Å²) in [5, 5.41) is 9.08. The summed E-state index contributed by atoms with van der Waals surface area (Å²) in [7, 11) is 1.75. The summed E-state index contributed by atoms with van der Waals surface area (Å²) in [5.41, 5.74) is -0.128. The van der Waals surface area contributed by atoms with E-state index in [0.717, 1.165) is 18.7 Å². The van der Waals surface area contributed by atoms with E-state index >= 15 is 0 Å². The van der Waals surface area contributed by atoms with Gasteiger partial charge in [-0.2, -0.15) is 0 Å². The van der Waals surface area contributed by atoms with Gasteiger partial charge in [-0.3, -0.25) is 0 Å². The van der Waals surface area contributed by atoms with E-state index in [1.165, 1.54) is 0 Å². The monoisotopic (exact) mass is 254 g/mol. The van der Waals surface area contributed by atoms with Gasteiger partial charge in [0.05, 0.1) is 18.3 Å². The summed E-state index contributed by atoms with van der Waals surface area (Å²) in [6.07, 6.45) is 1.83. The number of likely N-dealkylation sites (N-methyl/N-ethyl adjacent to an activating group) is 1. The number of ether oxygens (including phenoxy) is 1. The molecule has 1 fully saturated rings. The van der Waals surface area contributed by atoms with E-state index in [1.807, 2.05) is 6.92 Å². The van der Waals surface area contributed by atoms with Gasteiger partial charge in [-0.05, 0) is 19.4 Å². The van der Waals surface area contributed by atoms with E-state index in [0.29, 0.717) is 6.61 Å². The third-order valence-electron chi connectivity index (χ3n) is 3.23. The van der Waals surface area contributed by atoms with Crippen molar-refractivity contribution in [2.45, 2.75) is 25.5 Å².